The summed E-state index contributed by atoms with van der Waals surface area (Å²) in [5.74, 6) is 0.0435. The maximum Gasteiger partial charge on any atom is 0.337 e. The van der Waals surface area contributed by atoms with Crippen LogP contribution in [0.1, 0.15) is 22.3 Å². The van der Waals surface area contributed by atoms with Gasteiger partial charge < -0.3 is 33.3 Å². The van der Waals surface area contributed by atoms with Gasteiger partial charge >= 0.3 is 17.2 Å². The van der Waals surface area contributed by atoms with Crippen molar-refractivity contribution in [2.75, 3.05) is 7.11 Å². The molecule has 0 fully saturated rings. The van der Waals surface area contributed by atoms with Crippen molar-refractivity contribution < 1.29 is 38.1 Å². The minimum absolute atomic E-state index is 0.0190. The van der Waals surface area contributed by atoms with Crippen LogP contribution >= 0.6 is 0 Å². The first-order chi connectivity index (χ1) is 20.8. The van der Waals surface area contributed by atoms with Crippen molar-refractivity contribution in [2.45, 2.75) is 19.1 Å². The number of carbonyl (C=O) groups is 1. The Hall–Kier alpha value is -5.77. The fourth-order valence-corrected chi connectivity index (χ4v) is 5.51. The standard InChI is InChI=1S/C33H22O10/c1-39-20-6-8-25-21(15-20)17(13-28(35)40-25)11-19-12-23-31(37)22-10-16(5-7-26(22)42-33(23)43-32(19)38)9-18-14-29(36)41-27-4-2-3-24(34)30(18)27/h2-8,10,12-15,33-34,37H,9,11H2,1H3. The van der Waals surface area contributed by atoms with Gasteiger partial charge in [0.05, 0.1) is 23.6 Å². The molecule has 10 heteroatoms. The molecule has 0 spiro atoms. The summed E-state index contributed by atoms with van der Waals surface area (Å²) in [6.07, 6.45) is 0.627. The Morgan fingerprint density at radius 3 is 2.42 bits per heavy atom. The first-order valence-electron chi connectivity index (χ1n) is 13.3. The predicted molar refractivity (Wildman–Crippen MR) is 154 cm³/mol. The lowest BCUT2D eigenvalue weighted by Gasteiger charge is -2.30. The zero-order valence-corrected chi connectivity index (χ0v) is 22.6. The normalized spacial score (nSPS) is 15.9. The molecule has 4 heterocycles. The van der Waals surface area contributed by atoms with Gasteiger partial charge in [-0.3, -0.25) is 0 Å². The number of methoxy groups -OCH3 is 1. The largest absolute Gasteiger partial charge is 0.507 e. The third-order valence-corrected chi connectivity index (χ3v) is 7.51. The molecule has 5 aromatic rings. The molecule has 0 amide bonds. The Morgan fingerprint density at radius 1 is 0.814 bits per heavy atom. The van der Waals surface area contributed by atoms with E-state index in [1.807, 2.05) is 0 Å². The van der Waals surface area contributed by atoms with Crippen molar-refractivity contribution in [3.05, 3.63) is 127 Å². The number of phenolic OH excluding ortho intramolecular Hbond substituents is 1. The smallest absolute Gasteiger partial charge is 0.337 e. The molecule has 0 aliphatic carbocycles. The number of aliphatic hydroxyl groups is 1. The van der Waals surface area contributed by atoms with E-state index < -0.39 is 23.5 Å². The van der Waals surface area contributed by atoms with Gasteiger partial charge in [-0.25, -0.2) is 14.4 Å². The van der Waals surface area contributed by atoms with E-state index in [2.05, 4.69) is 0 Å². The molecule has 2 aromatic heterocycles. The van der Waals surface area contributed by atoms with Gasteiger partial charge in [0.15, 0.2) is 0 Å². The number of esters is 1. The first kappa shape index (κ1) is 26.1. The molecular formula is C33H22O10. The van der Waals surface area contributed by atoms with Crippen LogP contribution in [0.15, 0.2) is 102 Å². The van der Waals surface area contributed by atoms with E-state index in [1.165, 1.54) is 31.4 Å². The summed E-state index contributed by atoms with van der Waals surface area (Å²) in [4.78, 5) is 37.4. The summed E-state index contributed by atoms with van der Waals surface area (Å²) in [5, 5.41) is 22.8. The Labute approximate surface area is 242 Å². The number of hydrogen-bond acceptors (Lipinski definition) is 10. The Bertz CT molecular complexity index is 2170. The fraction of sp³-hybridized carbons (Fsp3) is 0.121. The Balaban J connectivity index is 1.27. The lowest BCUT2D eigenvalue weighted by molar-refractivity contribution is -0.155. The summed E-state index contributed by atoms with van der Waals surface area (Å²) in [5.41, 5.74) is 2.09. The van der Waals surface area contributed by atoms with Gasteiger partial charge in [-0.05, 0) is 71.7 Å². The topological polar surface area (TPSA) is 146 Å². The zero-order chi connectivity index (χ0) is 29.8. The maximum atomic E-state index is 13.0. The van der Waals surface area contributed by atoms with Crippen molar-refractivity contribution in [1.29, 1.82) is 0 Å². The van der Waals surface area contributed by atoms with Gasteiger partial charge in [0, 0.05) is 29.5 Å². The summed E-state index contributed by atoms with van der Waals surface area (Å²) in [6.45, 7) is 0. The van der Waals surface area contributed by atoms with Crippen LogP contribution in [0.4, 0.5) is 0 Å². The quantitative estimate of drug-likeness (QED) is 0.218. The van der Waals surface area contributed by atoms with Gasteiger partial charge in [0.1, 0.15) is 34.2 Å². The highest BCUT2D eigenvalue weighted by Crippen LogP contribution is 2.40. The number of ether oxygens (including phenoxy) is 3. The van der Waals surface area contributed by atoms with Gasteiger partial charge in [-0.2, -0.15) is 0 Å². The minimum Gasteiger partial charge on any atom is -0.507 e. The molecule has 1 unspecified atom stereocenters. The molecule has 1 atom stereocenters. The first-order valence-corrected chi connectivity index (χ1v) is 13.3. The highest BCUT2D eigenvalue weighted by molar-refractivity contribution is 5.94. The number of carbonyl (C=O) groups excluding carboxylic acids is 1. The highest BCUT2D eigenvalue weighted by Gasteiger charge is 2.36. The third-order valence-electron chi connectivity index (χ3n) is 7.51. The molecule has 0 saturated carbocycles. The summed E-state index contributed by atoms with van der Waals surface area (Å²) >= 11 is 0. The van der Waals surface area contributed by atoms with E-state index in [4.69, 9.17) is 23.0 Å². The summed E-state index contributed by atoms with van der Waals surface area (Å²) in [6, 6.07) is 17.4. The van der Waals surface area contributed by atoms with Gasteiger partial charge in [0.25, 0.3) is 6.29 Å². The van der Waals surface area contributed by atoms with Gasteiger partial charge in [0.2, 0.25) is 0 Å². The lowest BCUT2D eigenvalue weighted by atomic mass is 9.94. The third kappa shape index (κ3) is 4.58. The number of fused-ring (bicyclic) bond motifs is 4. The van der Waals surface area contributed by atoms with Crippen molar-refractivity contribution >= 4 is 33.7 Å². The van der Waals surface area contributed by atoms with Crippen molar-refractivity contribution in [1.82, 2.24) is 0 Å². The number of rotatable bonds is 5. The molecule has 2 aliphatic rings. The van der Waals surface area contributed by atoms with Crippen molar-refractivity contribution in [3.63, 3.8) is 0 Å². The number of hydrogen-bond donors (Lipinski definition) is 2. The van der Waals surface area contributed by atoms with Crippen LogP contribution in [0, 0.1) is 0 Å². The van der Waals surface area contributed by atoms with Crippen molar-refractivity contribution in [2.24, 2.45) is 0 Å². The van der Waals surface area contributed by atoms with E-state index in [9.17, 15) is 24.6 Å². The van der Waals surface area contributed by atoms with Gasteiger partial charge in [-0.15, -0.1) is 0 Å². The molecule has 43 heavy (non-hydrogen) atoms. The zero-order valence-electron chi connectivity index (χ0n) is 22.6. The van der Waals surface area contributed by atoms with E-state index >= 15 is 0 Å². The van der Waals surface area contributed by atoms with E-state index in [0.717, 1.165) is 5.56 Å². The second-order valence-corrected chi connectivity index (χ2v) is 10.2. The average molecular weight is 579 g/mol. The fourth-order valence-electron chi connectivity index (χ4n) is 5.51. The lowest BCUT2D eigenvalue weighted by Crippen LogP contribution is -2.34. The van der Waals surface area contributed by atoms with E-state index in [-0.39, 0.29) is 41.1 Å². The second kappa shape index (κ2) is 9.95. The van der Waals surface area contributed by atoms with E-state index in [1.54, 1.807) is 48.5 Å². The number of benzene rings is 3. The monoisotopic (exact) mass is 578 g/mol. The average Bonchev–Trinajstić information content (AvgIpc) is 2.98. The minimum atomic E-state index is -1.16. The van der Waals surface area contributed by atoms with Crippen LogP contribution in [-0.2, 0) is 22.4 Å². The number of aliphatic hydroxyl groups excluding tert-OH is 1. The maximum absolute atomic E-state index is 13.0. The SMILES string of the molecule is COc1ccc2oc(=O)cc(CC3=CC4=C(O)c5cc(Cc6cc(=O)oc7cccc(O)c67)ccc5OC4OC3=O)c2c1. The van der Waals surface area contributed by atoms with Crippen LogP contribution in [0.5, 0.6) is 17.2 Å². The van der Waals surface area contributed by atoms with Crippen LogP contribution in [-0.4, -0.2) is 29.6 Å². The van der Waals surface area contributed by atoms with E-state index in [0.29, 0.717) is 44.5 Å². The second-order valence-electron chi connectivity index (χ2n) is 10.2. The molecule has 2 N–H and O–H groups in total. The number of aromatic hydroxyl groups is 1. The molecule has 2 aliphatic heterocycles. The molecule has 3 aromatic carbocycles. The molecule has 0 radical (unpaired) electrons. The number of phenols is 1. The molecule has 0 saturated heterocycles. The van der Waals surface area contributed by atoms with Crippen LogP contribution in [0.2, 0.25) is 0 Å². The van der Waals surface area contributed by atoms with Gasteiger partial charge in [-0.1, -0.05) is 12.1 Å². The Morgan fingerprint density at radius 2 is 1.60 bits per heavy atom. The molecule has 10 nitrogen and oxygen atoms in total. The van der Waals surface area contributed by atoms with Crippen LogP contribution in [0.3, 0.4) is 0 Å². The summed E-state index contributed by atoms with van der Waals surface area (Å²) in [7, 11) is 1.52. The summed E-state index contributed by atoms with van der Waals surface area (Å²) < 4.78 is 27.3. The predicted octanol–water partition coefficient (Wildman–Crippen LogP) is 4.92. The molecule has 7 rings (SSSR count). The van der Waals surface area contributed by atoms with Crippen molar-refractivity contribution in [3.8, 4) is 17.2 Å². The molecule has 0 bridgehead atoms. The molecular weight excluding hydrogens is 556 g/mol. The van der Waals surface area contributed by atoms with Crippen LogP contribution < -0.4 is 20.7 Å². The molecule has 214 valence electrons. The highest BCUT2D eigenvalue weighted by atomic mass is 16.7. The van der Waals surface area contributed by atoms with Crippen LogP contribution in [0.25, 0.3) is 27.7 Å². The Kier molecular flexibility index (Phi) is 6.05.